The van der Waals surface area contributed by atoms with Gasteiger partial charge in [0.05, 0.1) is 12.4 Å². The summed E-state index contributed by atoms with van der Waals surface area (Å²) < 4.78 is 5.52. The SMILES string of the molecule is CCc1ccccc1OCCC(=N)N. The molecule has 0 aromatic heterocycles. The lowest BCUT2D eigenvalue weighted by Gasteiger charge is -2.09. The van der Waals surface area contributed by atoms with Gasteiger partial charge in [0.25, 0.3) is 0 Å². The van der Waals surface area contributed by atoms with E-state index in [0.29, 0.717) is 13.0 Å². The summed E-state index contributed by atoms with van der Waals surface area (Å²) >= 11 is 0. The monoisotopic (exact) mass is 192 g/mol. The average Bonchev–Trinajstić information content (AvgIpc) is 2.18. The number of hydrogen-bond acceptors (Lipinski definition) is 2. The van der Waals surface area contributed by atoms with Crippen molar-refractivity contribution in [2.24, 2.45) is 5.73 Å². The molecule has 0 radical (unpaired) electrons. The van der Waals surface area contributed by atoms with Crippen LogP contribution in [0.5, 0.6) is 5.75 Å². The summed E-state index contributed by atoms with van der Waals surface area (Å²) in [5, 5.41) is 7.06. The smallest absolute Gasteiger partial charge is 0.122 e. The van der Waals surface area contributed by atoms with Crippen molar-refractivity contribution in [3.63, 3.8) is 0 Å². The fourth-order valence-electron chi connectivity index (χ4n) is 1.21. The summed E-state index contributed by atoms with van der Waals surface area (Å²) in [4.78, 5) is 0. The lowest BCUT2D eigenvalue weighted by molar-refractivity contribution is 0.325. The van der Waals surface area contributed by atoms with Crippen molar-refractivity contribution in [1.29, 1.82) is 5.41 Å². The van der Waals surface area contributed by atoms with Gasteiger partial charge in [-0.1, -0.05) is 25.1 Å². The Morgan fingerprint density at radius 1 is 1.43 bits per heavy atom. The molecule has 0 aliphatic heterocycles. The van der Waals surface area contributed by atoms with Crippen LogP contribution in [-0.2, 0) is 6.42 Å². The molecule has 1 rings (SSSR count). The van der Waals surface area contributed by atoms with Crippen molar-refractivity contribution in [3.05, 3.63) is 29.8 Å². The fourth-order valence-corrected chi connectivity index (χ4v) is 1.21. The van der Waals surface area contributed by atoms with E-state index in [1.54, 1.807) is 0 Å². The second-order valence-corrected chi connectivity index (χ2v) is 3.08. The van der Waals surface area contributed by atoms with E-state index in [1.165, 1.54) is 5.56 Å². The van der Waals surface area contributed by atoms with Gasteiger partial charge in [0.15, 0.2) is 0 Å². The summed E-state index contributed by atoms with van der Waals surface area (Å²) in [6, 6.07) is 7.93. The number of amidine groups is 1. The molecule has 0 aliphatic carbocycles. The van der Waals surface area contributed by atoms with E-state index in [4.69, 9.17) is 15.9 Å². The summed E-state index contributed by atoms with van der Waals surface area (Å²) in [6.07, 6.45) is 1.44. The topological polar surface area (TPSA) is 59.1 Å². The lowest BCUT2D eigenvalue weighted by Crippen LogP contribution is -2.14. The lowest BCUT2D eigenvalue weighted by atomic mass is 10.1. The number of para-hydroxylation sites is 1. The third kappa shape index (κ3) is 3.09. The van der Waals surface area contributed by atoms with Gasteiger partial charge in [-0.15, -0.1) is 0 Å². The van der Waals surface area contributed by atoms with E-state index >= 15 is 0 Å². The number of ether oxygens (including phenoxy) is 1. The molecule has 0 atom stereocenters. The molecule has 3 heteroatoms. The Morgan fingerprint density at radius 3 is 2.79 bits per heavy atom. The maximum Gasteiger partial charge on any atom is 0.122 e. The van der Waals surface area contributed by atoms with Gasteiger partial charge in [-0.3, -0.25) is 5.41 Å². The third-order valence-corrected chi connectivity index (χ3v) is 1.98. The average molecular weight is 192 g/mol. The Morgan fingerprint density at radius 2 is 2.14 bits per heavy atom. The van der Waals surface area contributed by atoms with Crippen LogP contribution in [0.2, 0.25) is 0 Å². The van der Waals surface area contributed by atoms with E-state index in [-0.39, 0.29) is 5.84 Å². The minimum atomic E-state index is 0.166. The highest BCUT2D eigenvalue weighted by atomic mass is 16.5. The predicted octanol–water partition coefficient (Wildman–Crippen LogP) is 1.95. The van der Waals surface area contributed by atoms with E-state index in [0.717, 1.165) is 12.2 Å². The minimum absolute atomic E-state index is 0.166. The molecule has 3 N–H and O–H groups in total. The maximum atomic E-state index is 7.06. The maximum absolute atomic E-state index is 7.06. The second-order valence-electron chi connectivity index (χ2n) is 3.08. The highest BCUT2D eigenvalue weighted by Crippen LogP contribution is 2.18. The van der Waals surface area contributed by atoms with Crippen molar-refractivity contribution < 1.29 is 4.74 Å². The van der Waals surface area contributed by atoms with E-state index in [2.05, 4.69) is 6.92 Å². The normalized spacial score (nSPS) is 9.79. The van der Waals surface area contributed by atoms with Crippen molar-refractivity contribution in [3.8, 4) is 5.75 Å². The molecule has 0 bridgehead atoms. The molecular weight excluding hydrogens is 176 g/mol. The fraction of sp³-hybridized carbons (Fsp3) is 0.364. The van der Waals surface area contributed by atoms with Crippen LogP contribution in [0.15, 0.2) is 24.3 Å². The quantitative estimate of drug-likeness (QED) is 0.553. The zero-order chi connectivity index (χ0) is 10.4. The molecule has 1 aromatic rings. The van der Waals surface area contributed by atoms with E-state index in [9.17, 15) is 0 Å². The van der Waals surface area contributed by atoms with Crippen LogP contribution in [0.3, 0.4) is 0 Å². The highest BCUT2D eigenvalue weighted by molar-refractivity contribution is 5.76. The molecular formula is C11H16N2O. The third-order valence-electron chi connectivity index (χ3n) is 1.98. The second kappa shape index (κ2) is 5.27. The molecule has 0 amide bonds. The van der Waals surface area contributed by atoms with Crippen LogP contribution in [0.4, 0.5) is 0 Å². The zero-order valence-corrected chi connectivity index (χ0v) is 8.42. The number of nitrogens with two attached hydrogens (primary N) is 1. The van der Waals surface area contributed by atoms with Gasteiger partial charge in [0.1, 0.15) is 5.75 Å². The summed E-state index contributed by atoms with van der Waals surface area (Å²) in [7, 11) is 0. The van der Waals surface area contributed by atoms with Crippen LogP contribution < -0.4 is 10.5 Å². The van der Waals surface area contributed by atoms with Crippen molar-refractivity contribution in [2.45, 2.75) is 19.8 Å². The van der Waals surface area contributed by atoms with Gasteiger partial charge in [-0.2, -0.15) is 0 Å². The number of rotatable bonds is 5. The van der Waals surface area contributed by atoms with Crippen LogP contribution in [0, 0.1) is 5.41 Å². The summed E-state index contributed by atoms with van der Waals surface area (Å²) in [5.74, 6) is 1.07. The zero-order valence-electron chi connectivity index (χ0n) is 8.42. The molecule has 0 unspecified atom stereocenters. The number of aryl methyl sites for hydroxylation is 1. The van der Waals surface area contributed by atoms with Crippen LogP contribution >= 0.6 is 0 Å². The van der Waals surface area contributed by atoms with Crippen LogP contribution in [-0.4, -0.2) is 12.4 Å². The first-order valence-corrected chi connectivity index (χ1v) is 4.77. The van der Waals surface area contributed by atoms with Crippen molar-refractivity contribution >= 4 is 5.84 Å². The van der Waals surface area contributed by atoms with Crippen LogP contribution in [0.1, 0.15) is 18.9 Å². The Balaban J connectivity index is 2.53. The molecule has 0 aliphatic rings. The Labute approximate surface area is 84.4 Å². The number of nitrogens with one attached hydrogen (secondary N) is 1. The van der Waals surface area contributed by atoms with Gasteiger partial charge in [-0.05, 0) is 18.1 Å². The van der Waals surface area contributed by atoms with Gasteiger partial charge in [0, 0.05) is 6.42 Å². The summed E-state index contributed by atoms with van der Waals surface area (Å²) in [6.45, 7) is 2.57. The Hall–Kier alpha value is -1.51. The van der Waals surface area contributed by atoms with E-state index in [1.807, 2.05) is 24.3 Å². The standard InChI is InChI=1S/C11H16N2O/c1-2-9-5-3-4-6-10(9)14-8-7-11(12)13/h3-6H,2,7-8H2,1H3,(H3,12,13). The van der Waals surface area contributed by atoms with Gasteiger partial charge < -0.3 is 10.5 Å². The number of hydrogen-bond donors (Lipinski definition) is 2. The van der Waals surface area contributed by atoms with Gasteiger partial charge in [-0.25, -0.2) is 0 Å². The first kappa shape index (κ1) is 10.6. The molecule has 0 fully saturated rings. The molecule has 0 saturated carbocycles. The molecule has 0 saturated heterocycles. The first-order chi connectivity index (χ1) is 6.74. The van der Waals surface area contributed by atoms with Gasteiger partial charge >= 0.3 is 0 Å². The van der Waals surface area contributed by atoms with E-state index < -0.39 is 0 Å². The largest absolute Gasteiger partial charge is 0.493 e. The molecule has 0 heterocycles. The Bertz CT molecular complexity index is 310. The molecule has 1 aromatic carbocycles. The highest BCUT2D eigenvalue weighted by Gasteiger charge is 2.00. The van der Waals surface area contributed by atoms with Crippen molar-refractivity contribution in [2.75, 3.05) is 6.61 Å². The molecule has 0 spiro atoms. The molecule has 3 nitrogen and oxygen atoms in total. The molecule has 76 valence electrons. The molecule has 14 heavy (non-hydrogen) atoms. The summed E-state index contributed by atoms with van der Waals surface area (Å²) in [5.41, 5.74) is 6.42. The van der Waals surface area contributed by atoms with Crippen LogP contribution in [0.25, 0.3) is 0 Å². The Kier molecular flexibility index (Phi) is 3.98. The van der Waals surface area contributed by atoms with Gasteiger partial charge in [0.2, 0.25) is 0 Å². The van der Waals surface area contributed by atoms with Crippen molar-refractivity contribution in [1.82, 2.24) is 0 Å². The number of benzene rings is 1. The predicted molar refractivity (Wildman–Crippen MR) is 57.8 cm³/mol. The minimum Gasteiger partial charge on any atom is -0.493 e. The first-order valence-electron chi connectivity index (χ1n) is 4.77.